The number of nitrogens with zero attached hydrogens (tertiary/aromatic N) is 2. The van der Waals surface area contributed by atoms with E-state index in [0.717, 1.165) is 34.6 Å². The second kappa shape index (κ2) is 7.29. The second-order valence-electron chi connectivity index (χ2n) is 5.04. The van der Waals surface area contributed by atoms with Crippen molar-refractivity contribution < 1.29 is 0 Å². The molecule has 2 aromatic heterocycles. The summed E-state index contributed by atoms with van der Waals surface area (Å²) in [5, 5.41) is 4.49. The molecule has 0 amide bonds. The van der Waals surface area contributed by atoms with Gasteiger partial charge in [-0.05, 0) is 34.5 Å². The lowest BCUT2D eigenvalue weighted by Gasteiger charge is -2.07. The summed E-state index contributed by atoms with van der Waals surface area (Å²) in [5.74, 6) is 0. The molecule has 1 N–H and O–H groups in total. The lowest BCUT2D eigenvalue weighted by Crippen LogP contribution is -2.21. The highest BCUT2D eigenvalue weighted by atomic mass is 79.9. The van der Waals surface area contributed by atoms with Crippen molar-refractivity contribution in [3.63, 3.8) is 0 Å². The third kappa shape index (κ3) is 4.11. The molecule has 0 fully saturated rings. The zero-order valence-corrected chi connectivity index (χ0v) is 14.5. The standard InChI is InChI=1S/C15H20BrN3S/c1-4-5-12-14(9-17-10(2)3)20-15(19-12)13-7-6-11(16)8-18-13/h6-8,10,17H,4-5,9H2,1-3H3. The molecule has 108 valence electrons. The summed E-state index contributed by atoms with van der Waals surface area (Å²) in [5.41, 5.74) is 2.16. The molecule has 2 heterocycles. The van der Waals surface area contributed by atoms with Crippen molar-refractivity contribution >= 4 is 27.3 Å². The Morgan fingerprint density at radius 1 is 1.35 bits per heavy atom. The molecule has 0 aliphatic heterocycles. The largest absolute Gasteiger partial charge is 0.310 e. The third-order valence-electron chi connectivity index (χ3n) is 2.88. The summed E-state index contributed by atoms with van der Waals surface area (Å²) in [4.78, 5) is 10.6. The number of aryl methyl sites for hydroxylation is 1. The Hall–Kier alpha value is -0.780. The van der Waals surface area contributed by atoms with E-state index in [1.807, 2.05) is 18.3 Å². The first-order valence-corrected chi connectivity index (χ1v) is 8.55. The number of nitrogens with one attached hydrogen (secondary N) is 1. The number of pyridine rings is 1. The molecule has 5 heteroatoms. The Balaban J connectivity index is 2.25. The number of hydrogen-bond donors (Lipinski definition) is 1. The molecule has 0 bridgehead atoms. The van der Waals surface area contributed by atoms with E-state index in [4.69, 9.17) is 4.98 Å². The fourth-order valence-corrected chi connectivity index (χ4v) is 3.13. The van der Waals surface area contributed by atoms with Gasteiger partial charge in [0, 0.05) is 28.1 Å². The molecule has 0 aliphatic carbocycles. The molecular formula is C15H20BrN3S. The molecule has 0 spiro atoms. The fraction of sp³-hybridized carbons (Fsp3) is 0.467. The summed E-state index contributed by atoms with van der Waals surface area (Å²) in [6, 6.07) is 4.51. The van der Waals surface area contributed by atoms with E-state index in [0.29, 0.717) is 6.04 Å². The van der Waals surface area contributed by atoms with Crippen molar-refractivity contribution in [2.45, 2.75) is 46.2 Å². The molecule has 20 heavy (non-hydrogen) atoms. The van der Waals surface area contributed by atoms with Gasteiger partial charge in [-0.25, -0.2) is 4.98 Å². The van der Waals surface area contributed by atoms with Crippen LogP contribution in [-0.4, -0.2) is 16.0 Å². The topological polar surface area (TPSA) is 37.8 Å². The zero-order valence-electron chi connectivity index (χ0n) is 12.1. The van der Waals surface area contributed by atoms with Crippen LogP contribution < -0.4 is 5.32 Å². The maximum absolute atomic E-state index is 4.78. The molecule has 0 aromatic carbocycles. The van der Waals surface area contributed by atoms with E-state index < -0.39 is 0 Å². The average molecular weight is 354 g/mol. The van der Waals surface area contributed by atoms with Crippen molar-refractivity contribution in [2.24, 2.45) is 0 Å². The van der Waals surface area contributed by atoms with E-state index in [1.54, 1.807) is 11.3 Å². The first-order valence-electron chi connectivity index (χ1n) is 6.94. The molecule has 0 atom stereocenters. The minimum absolute atomic E-state index is 0.487. The van der Waals surface area contributed by atoms with E-state index in [-0.39, 0.29) is 0 Å². The van der Waals surface area contributed by atoms with Crippen LogP contribution in [0.15, 0.2) is 22.8 Å². The highest BCUT2D eigenvalue weighted by Crippen LogP contribution is 2.28. The molecule has 2 rings (SSSR count). The molecule has 0 saturated heterocycles. The SMILES string of the molecule is CCCc1nc(-c2ccc(Br)cn2)sc1CNC(C)C. The number of hydrogen-bond acceptors (Lipinski definition) is 4. The molecular weight excluding hydrogens is 334 g/mol. The highest BCUT2D eigenvalue weighted by Gasteiger charge is 2.13. The van der Waals surface area contributed by atoms with Crippen molar-refractivity contribution in [3.8, 4) is 10.7 Å². The highest BCUT2D eigenvalue weighted by molar-refractivity contribution is 9.10. The first-order chi connectivity index (χ1) is 9.60. The molecule has 0 saturated carbocycles. The third-order valence-corrected chi connectivity index (χ3v) is 4.47. The van der Waals surface area contributed by atoms with Crippen LogP contribution in [-0.2, 0) is 13.0 Å². The molecule has 3 nitrogen and oxygen atoms in total. The van der Waals surface area contributed by atoms with Gasteiger partial charge >= 0.3 is 0 Å². The number of rotatable bonds is 6. The maximum Gasteiger partial charge on any atom is 0.142 e. The molecule has 2 aromatic rings. The summed E-state index contributed by atoms with van der Waals surface area (Å²) in [7, 11) is 0. The maximum atomic E-state index is 4.78. The zero-order chi connectivity index (χ0) is 14.5. The number of halogens is 1. The van der Waals surface area contributed by atoms with E-state index in [2.05, 4.69) is 47.0 Å². The Labute approximate surface area is 133 Å². The van der Waals surface area contributed by atoms with Gasteiger partial charge in [-0.3, -0.25) is 4.98 Å². The minimum Gasteiger partial charge on any atom is -0.310 e. The molecule has 0 aliphatic rings. The minimum atomic E-state index is 0.487. The van der Waals surface area contributed by atoms with Crippen molar-refractivity contribution in [1.29, 1.82) is 0 Å². The fourth-order valence-electron chi connectivity index (χ4n) is 1.86. The smallest absolute Gasteiger partial charge is 0.142 e. The van der Waals surface area contributed by atoms with Crippen LogP contribution >= 0.6 is 27.3 Å². The van der Waals surface area contributed by atoms with Crippen LogP contribution in [0, 0.1) is 0 Å². The van der Waals surface area contributed by atoms with Gasteiger partial charge in [0.2, 0.25) is 0 Å². The van der Waals surface area contributed by atoms with Gasteiger partial charge in [0.05, 0.1) is 11.4 Å². The molecule has 0 unspecified atom stereocenters. The number of thiazole rings is 1. The van der Waals surface area contributed by atoms with Crippen LogP contribution in [0.1, 0.15) is 37.8 Å². The summed E-state index contributed by atoms with van der Waals surface area (Å²) in [6.45, 7) is 7.41. The van der Waals surface area contributed by atoms with Crippen LogP contribution in [0.25, 0.3) is 10.7 Å². The Morgan fingerprint density at radius 3 is 2.75 bits per heavy atom. The van der Waals surface area contributed by atoms with Gasteiger partial charge in [-0.2, -0.15) is 0 Å². The van der Waals surface area contributed by atoms with Crippen molar-refractivity contribution in [3.05, 3.63) is 33.4 Å². The van der Waals surface area contributed by atoms with E-state index >= 15 is 0 Å². The summed E-state index contributed by atoms with van der Waals surface area (Å²) < 4.78 is 0.994. The van der Waals surface area contributed by atoms with Crippen LogP contribution in [0.4, 0.5) is 0 Å². The number of aromatic nitrogens is 2. The monoisotopic (exact) mass is 353 g/mol. The van der Waals surface area contributed by atoms with Gasteiger partial charge in [0.15, 0.2) is 0 Å². The van der Waals surface area contributed by atoms with Crippen LogP contribution in [0.3, 0.4) is 0 Å². The Morgan fingerprint density at radius 2 is 2.15 bits per heavy atom. The van der Waals surface area contributed by atoms with Gasteiger partial charge in [-0.1, -0.05) is 27.2 Å². The second-order valence-corrected chi connectivity index (χ2v) is 7.04. The Bertz CT molecular complexity index is 549. The van der Waals surface area contributed by atoms with E-state index in [1.165, 1.54) is 10.6 Å². The van der Waals surface area contributed by atoms with Gasteiger partial charge in [-0.15, -0.1) is 11.3 Å². The lowest BCUT2D eigenvalue weighted by atomic mass is 10.2. The van der Waals surface area contributed by atoms with Crippen molar-refractivity contribution in [2.75, 3.05) is 0 Å². The molecule has 0 radical (unpaired) electrons. The normalized spacial score (nSPS) is 11.2. The predicted molar refractivity (Wildman–Crippen MR) is 89.0 cm³/mol. The Kier molecular flexibility index (Phi) is 5.69. The summed E-state index contributed by atoms with van der Waals surface area (Å²) in [6.07, 6.45) is 3.97. The quantitative estimate of drug-likeness (QED) is 0.835. The first kappa shape index (κ1) is 15.6. The lowest BCUT2D eigenvalue weighted by molar-refractivity contribution is 0.589. The van der Waals surface area contributed by atoms with Gasteiger partial charge < -0.3 is 5.32 Å². The average Bonchev–Trinajstić information content (AvgIpc) is 2.81. The van der Waals surface area contributed by atoms with Gasteiger partial charge in [0.25, 0.3) is 0 Å². The van der Waals surface area contributed by atoms with Crippen LogP contribution in [0.2, 0.25) is 0 Å². The summed E-state index contributed by atoms with van der Waals surface area (Å²) >= 11 is 5.16. The van der Waals surface area contributed by atoms with Crippen molar-refractivity contribution in [1.82, 2.24) is 15.3 Å². The van der Waals surface area contributed by atoms with E-state index in [9.17, 15) is 0 Å². The van der Waals surface area contributed by atoms with Gasteiger partial charge in [0.1, 0.15) is 5.01 Å². The predicted octanol–water partition coefficient (Wildman–Crippen LogP) is 4.42. The van der Waals surface area contributed by atoms with Crippen LogP contribution in [0.5, 0.6) is 0 Å².